The number of carbonyl (C=O) groups excluding carboxylic acids is 2. The second-order valence-electron chi connectivity index (χ2n) is 7.39. The van der Waals surface area contributed by atoms with Crippen molar-refractivity contribution in [1.82, 2.24) is 14.1 Å². The number of nitrogens with zero attached hydrogens (tertiary/aromatic N) is 3. The molecule has 0 spiro atoms. The van der Waals surface area contributed by atoms with Gasteiger partial charge in [0.05, 0.1) is 16.3 Å². The van der Waals surface area contributed by atoms with Crippen molar-refractivity contribution in [1.29, 1.82) is 0 Å². The topological polar surface area (TPSA) is 111 Å². The first-order valence-electron chi connectivity index (χ1n) is 9.83. The van der Waals surface area contributed by atoms with E-state index in [-0.39, 0.29) is 21.3 Å². The molecule has 1 aromatic heterocycles. The average Bonchev–Trinajstić information content (AvgIpc) is 3.07. The summed E-state index contributed by atoms with van der Waals surface area (Å²) in [4.78, 5) is 25.0. The minimum Gasteiger partial charge on any atom is -0.452 e. The maximum absolute atomic E-state index is 12.6. The van der Waals surface area contributed by atoms with E-state index in [1.54, 1.807) is 38.1 Å². The van der Waals surface area contributed by atoms with E-state index in [2.05, 4.69) is 10.4 Å². The Labute approximate surface area is 197 Å². The number of anilines is 1. The second kappa shape index (κ2) is 9.74. The van der Waals surface area contributed by atoms with Crippen LogP contribution < -0.4 is 5.32 Å². The number of esters is 1. The van der Waals surface area contributed by atoms with Gasteiger partial charge in [-0.05, 0) is 43.7 Å². The molecule has 0 unspecified atom stereocenters. The van der Waals surface area contributed by atoms with Crippen LogP contribution in [-0.2, 0) is 19.6 Å². The molecule has 33 heavy (non-hydrogen) atoms. The monoisotopic (exact) mass is 490 g/mol. The normalized spacial score (nSPS) is 11.5. The molecular weight excluding hydrogens is 468 g/mol. The lowest BCUT2D eigenvalue weighted by atomic mass is 10.2. The Morgan fingerprint density at radius 2 is 1.79 bits per heavy atom. The number of ether oxygens (including phenoxy) is 1. The van der Waals surface area contributed by atoms with Crippen LogP contribution in [0.25, 0.3) is 5.69 Å². The third-order valence-corrected chi connectivity index (χ3v) is 7.08. The Morgan fingerprint density at radius 3 is 2.42 bits per heavy atom. The van der Waals surface area contributed by atoms with Gasteiger partial charge in [-0.3, -0.25) is 4.79 Å². The highest BCUT2D eigenvalue weighted by molar-refractivity contribution is 7.89. The van der Waals surface area contributed by atoms with E-state index in [4.69, 9.17) is 16.3 Å². The Balaban J connectivity index is 1.70. The van der Waals surface area contributed by atoms with E-state index in [9.17, 15) is 18.0 Å². The first-order chi connectivity index (χ1) is 15.5. The largest absolute Gasteiger partial charge is 0.452 e. The lowest BCUT2D eigenvalue weighted by Crippen LogP contribution is -2.24. The molecule has 2 aromatic carbocycles. The third-order valence-electron chi connectivity index (χ3n) is 4.77. The maximum Gasteiger partial charge on any atom is 0.343 e. The van der Waals surface area contributed by atoms with Gasteiger partial charge in [0.25, 0.3) is 5.91 Å². The summed E-state index contributed by atoms with van der Waals surface area (Å²) >= 11 is 6.34. The van der Waals surface area contributed by atoms with E-state index >= 15 is 0 Å². The zero-order valence-corrected chi connectivity index (χ0v) is 20.1. The molecule has 0 bridgehead atoms. The summed E-state index contributed by atoms with van der Waals surface area (Å²) in [5, 5.41) is 6.88. The van der Waals surface area contributed by atoms with Crippen molar-refractivity contribution in [2.75, 3.05) is 26.0 Å². The zero-order valence-electron chi connectivity index (χ0n) is 18.5. The highest BCUT2D eigenvalue weighted by Gasteiger charge is 2.24. The van der Waals surface area contributed by atoms with Crippen molar-refractivity contribution in [3.63, 3.8) is 0 Å². The minimum atomic E-state index is -3.69. The van der Waals surface area contributed by atoms with E-state index in [0.717, 1.165) is 4.31 Å². The minimum absolute atomic E-state index is 0.0584. The number of hydrogen-bond acceptors (Lipinski definition) is 6. The molecular formula is C22H23ClN4O5S. The first kappa shape index (κ1) is 24.4. The van der Waals surface area contributed by atoms with E-state index in [1.165, 1.54) is 24.8 Å². The number of aryl methyl sites for hydroxylation is 2. The molecule has 0 aliphatic rings. The van der Waals surface area contributed by atoms with Crippen molar-refractivity contribution >= 4 is 39.2 Å². The number of para-hydroxylation sites is 1. The lowest BCUT2D eigenvalue weighted by Gasteiger charge is -2.15. The molecule has 0 saturated heterocycles. The Morgan fingerprint density at radius 1 is 1.12 bits per heavy atom. The van der Waals surface area contributed by atoms with Gasteiger partial charge in [0, 0.05) is 19.8 Å². The number of carbonyl (C=O) groups is 2. The van der Waals surface area contributed by atoms with Gasteiger partial charge >= 0.3 is 5.97 Å². The predicted molar refractivity (Wildman–Crippen MR) is 124 cm³/mol. The first-order valence-corrected chi connectivity index (χ1v) is 11.6. The van der Waals surface area contributed by atoms with Crippen molar-refractivity contribution in [3.8, 4) is 5.69 Å². The highest BCUT2D eigenvalue weighted by atomic mass is 35.5. The molecule has 3 rings (SSSR count). The van der Waals surface area contributed by atoms with Gasteiger partial charge in [-0.1, -0.05) is 35.9 Å². The molecule has 0 atom stereocenters. The van der Waals surface area contributed by atoms with E-state index in [0.29, 0.717) is 16.9 Å². The molecule has 174 valence electrons. The number of amides is 1. The fraction of sp³-hybridized carbons (Fsp3) is 0.227. The molecule has 0 saturated carbocycles. The molecule has 0 aliphatic carbocycles. The number of rotatable bonds is 7. The number of sulfonamides is 1. The van der Waals surface area contributed by atoms with Crippen molar-refractivity contribution in [2.24, 2.45) is 0 Å². The smallest absolute Gasteiger partial charge is 0.343 e. The van der Waals surface area contributed by atoms with Gasteiger partial charge in [0.2, 0.25) is 10.0 Å². The van der Waals surface area contributed by atoms with Crippen LogP contribution in [0.5, 0.6) is 0 Å². The second-order valence-corrected chi connectivity index (χ2v) is 9.87. The summed E-state index contributed by atoms with van der Waals surface area (Å²) in [5.41, 5.74) is 1.88. The van der Waals surface area contributed by atoms with Crippen LogP contribution in [-0.4, -0.2) is 55.1 Å². The van der Waals surface area contributed by atoms with Gasteiger partial charge in [0.15, 0.2) is 6.61 Å². The van der Waals surface area contributed by atoms with Gasteiger partial charge in [-0.15, -0.1) is 0 Å². The van der Waals surface area contributed by atoms with Crippen LogP contribution in [0.3, 0.4) is 0 Å². The highest BCUT2D eigenvalue weighted by Crippen LogP contribution is 2.25. The summed E-state index contributed by atoms with van der Waals surface area (Å²) in [6, 6.07) is 13.5. The predicted octanol–water partition coefficient (Wildman–Crippen LogP) is 3.19. The molecule has 3 aromatic rings. The van der Waals surface area contributed by atoms with Crippen molar-refractivity contribution < 1.29 is 22.7 Å². The fourth-order valence-corrected chi connectivity index (χ4v) is 4.52. The molecule has 0 fully saturated rings. The summed E-state index contributed by atoms with van der Waals surface area (Å²) < 4.78 is 32.5. The number of benzene rings is 2. The quantitative estimate of drug-likeness (QED) is 0.509. The van der Waals surface area contributed by atoms with Crippen LogP contribution in [0, 0.1) is 13.8 Å². The number of halogens is 1. The van der Waals surface area contributed by atoms with Crippen LogP contribution in [0.15, 0.2) is 53.4 Å². The van der Waals surface area contributed by atoms with Crippen LogP contribution in [0.4, 0.5) is 5.69 Å². The molecule has 1 amide bonds. The average molecular weight is 491 g/mol. The van der Waals surface area contributed by atoms with E-state index < -0.39 is 28.5 Å². The third kappa shape index (κ3) is 5.24. The summed E-state index contributed by atoms with van der Waals surface area (Å²) in [7, 11) is -0.839. The van der Waals surface area contributed by atoms with E-state index in [1.807, 2.05) is 18.2 Å². The number of aromatic nitrogens is 2. The molecule has 11 heteroatoms. The van der Waals surface area contributed by atoms with Gasteiger partial charge in [0.1, 0.15) is 10.7 Å². The van der Waals surface area contributed by atoms with Gasteiger partial charge < -0.3 is 10.1 Å². The Kier molecular flexibility index (Phi) is 7.21. The van der Waals surface area contributed by atoms with Crippen LogP contribution >= 0.6 is 11.6 Å². The zero-order chi connectivity index (χ0) is 24.3. The number of nitrogens with one attached hydrogen (secondary N) is 1. The van der Waals surface area contributed by atoms with Crippen LogP contribution in [0.1, 0.15) is 21.6 Å². The van der Waals surface area contributed by atoms with Gasteiger partial charge in [-0.25, -0.2) is 22.2 Å². The summed E-state index contributed by atoms with van der Waals surface area (Å²) in [5.74, 6) is -1.43. The summed E-state index contributed by atoms with van der Waals surface area (Å²) in [6.07, 6.45) is 0. The molecule has 9 nitrogen and oxygen atoms in total. The number of hydrogen-bond donors (Lipinski definition) is 1. The van der Waals surface area contributed by atoms with Crippen molar-refractivity contribution in [3.05, 3.63) is 70.5 Å². The van der Waals surface area contributed by atoms with Crippen LogP contribution in [0.2, 0.25) is 5.15 Å². The SMILES string of the molecule is Cc1ccc(NC(=O)COC(=O)c2c(C)nn(-c3ccccc3)c2Cl)cc1S(=O)(=O)N(C)C. The molecule has 1 N–H and O–H groups in total. The Bertz CT molecular complexity index is 1300. The lowest BCUT2D eigenvalue weighted by molar-refractivity contribution is -0.119. The molecule has 0 aliphatic heterocycles. The standard InChI is InChI=1S/C22H23ClN4O5S/c1-14-10-11-16(12-18(14)33(30,31)26(3)4)24-19(28)13-32-22(29)20-15(2)25-27(21(20)23)17-8-6-5-7-9-17/h5-12H,13H2,1-4H3,(H,24,28). The summed E-state index contributed by atoms with van der Waals surface area (Å²) in [6.45, 7) is 2.68. The molecule has 0 radical (unpaired) electrons. The maximum atomic E-state index is 12.6. The Hall–Kier alpha value is -3.21. The molecule has 1 heterocycles. The fourth-order valence-electron chi connectivity index (χ4n) is 3.02. The van der Waals surface area contributed by atoms with Crippen molar-refractivity contribution in [2.45, 2.75) is 18.7 Å². The van der Waals surface area contributed by atoms with Gasteiger partial charge in [-0.2, -0.15) is 5.10 Å².